The summed E-state index contributed by atoms with van der Waals surface area (Å²) < 4.78 is 5.79. The predicted molar refractivity (Wildman–Crippen MR) is 92.1 cm³/mol. The molecule has 0 bridgehead atoms. The lowest BCUT2D eigenvalue weighted by atomic mass is 10.1. The molecule has 0 radical (unpaired) electrons. The van der Waals surface area contributed by atoms with Gasteiger partial charge in [-0.25, -0.2) is 0 Å². The van der Waals surface area contributed by atoms with E-state index in [1.807, 2.05) is 24.3 Å². The second-order valence-corrected chi connectivity index (χ2v) is 5.62. The molecule has 0 saturated heterocycles. The number of hydrogen-bond acceptors (Lipinski definition) is 1. The average Bonchev–Trinajstić information content (AvgIpc) is 2.51. The zero-order valence-corrected chi connectivity index (χ0v) is 13.9. The molecule has 0 aliphatic heterocycles. The SMILES string of the molecule is CCCCCCCCCOc1cccc(C#CCCCl)c1. The van der Waals surface area contributed by atoms with E-state index < -0.39 is 0 Å². The maximum Gasteiger partial charge on any atom is 0.120 e. The van der Waals surface area contributed by atoms with Crippen molar-refractivity contribution in [1.82, 2.24) is 0 Å². The summed E-state index contributed by atoms with van der Waals surface area (Å²) in [5.74, 6) is 7.64. The van der Waals surface area contributed by atoms with Gasteiger partial charge < -0.3 is 4.74 Å². The molecule has 0 spiro atoms. The highest BCUT2D eigenvalue weighted by Crippen LogP contribution is 2.14. The Morgan fingerprint density at radius 3 is 2.57 bits per heavy atom. The van der Waals surface area contributed by atoms with Crippen LogP contribution in [-0.4, -0.2) is 12.5 Å². The third-order valence-electron chi connectivity index (χ3n) is 3.30. The van der Waals surface area contributed by atoms with E-state index in [1.165, 1.54) is 38.5 Å². The van der Waals surface area contributed by atoms with Gasteiger partial charge in [-0.2, -0.15) is 0 Å². The van der Waals surface area contributed by atoms with Gasteiger partial charge in [0.25, 0.3) is 0 Å². The normalized spacial score (nSPS) is 10.0. The molecule has 116 valence electrons. The Labute approximate surface area is 135 Å². The van der Waals surface area contributed by atoms with Crippen molar-refractivity contribution in [3.05, 3.63) is 29.8 Å². The van der Waals surface area contributed by atoms with Gasteiger partial charge >= 0.3 is 0 Å². The summed E-state index contributed by atoms with van der Waals surface area (Å²) in [7, 11) is 0. The molecule has 0 unspecified atom stereocenters. The predicted octanol–water partition coefficient (Wildman–Crippen LogP) is 5.80. The third-order valence-corrected chi connectivity index (χ3v) is 3.49. The van der Waals surface area contributed by atoms with E-state index in [1.54, 1.807) is 0 Å². The molecule has 1 aromatic rings. The van der Waals surface area contributed by atoms with Crippen LogP contribution in [0.5, 0.6) is 5.75 Å². The number of unbranched alkanes of at least 4 members (excludes halogenated alkanes) is 6. The van der Waals surface area contributed by atoms with Crippen molar-refractivity contribution in [3.63, 3.8) is 0 Å². The van der Waals surface area contributed by atoms with Crippen LogP contribution in [0.25, 0.3) is 0 Å². The Morgan fingerprint density at radius 2 is 1.81 bits per heavy atom. The minimum absolute atomic E-state index is 0.585. The summed E-state index contributed by atoms with van der Waals surface area (Å²) in [6.45, 7) is 3.05. The Hall–Kier alpha value is -1.13. The van der Waals surface area contributed by atoms with Crippen molar-refractivity contribution in [2.24, 2.45) is 0 Å². The van der Waals surface area contributed by atoms with Crippen molar-refractivity contribution in [2.45, 2.75) is 58.3 Å². The highest BCUT2D eigenvalue weighted by atomic mass is 35.5. The number of alkyl halides is 1. The van der Waals surface area contributed by atoms with E-state index in [4.69, 9.17) is 16.3 Å². The quantitative estimate of drug-likeness (QED) is 0.302. The van der Waals surface area contributed by atoms with Crippen molar-refractivity contribution in [3.8, 4) is 17.6 Å². The van der Waals surface area contributed by atoms with Crippen molar-refractivity contribution < 1.29 is 4.74 Å². The molecule has 0 N–H and O–H groups in total. The fourth-order valence-corrected chi connectivity index (χ4v) is 2.22. The molecule has 0 saturated carbocycles. The van der Waals surface area contributed by atoms with Gasteiger partial charge in [-0.1, -0.05) is 63.4 Å². The Kier molecular flexibility index (Phi) is 10.8. The van der Waals surface area contributed by atoms with Gasteiger partial charge in [-0.15, -0.1) is 11.6 Å². The Morgan fingerprint density at radius 1 is 1.05 bits per heavy atom. The largest absolute Gasteiger partial charge is 0.494 e. The van der Waals surface area contributed by atoms with Crippen LogP contribution in [0.1, 0.15) is 63.9 Å². The number of hydrogen-bond donors (Lipinski definition) is 0. The van der Waals surface area contributed by atoms with Crippen molar-refractivity contribution >= 4 is 11.6 Å². The average molecular weight is 307 g/mol. The van der Waals surface area contributed by atoms with Gasteiger partial charge in [-0.05, 0) is 24.6 Å². The molecule has 1 aromatic carbocycles. The van der Waals surface area contributed by atoms with Crippen LogP contribution in [0.2, 0.25) is 0 Å². The van der Waals surface area contributed by atoms with Gasteiger partial charge in [0.15, 0.2) is 0 Å². The summed E-state index contributed by atoms with van der Waals surface area (Å²) in [4.78, 5) is 0. The number of ether oxygens (including phenoxy) is 1. The first-order valence-electron chi connectivity index (χ1n) is 8.14. The van der Waals surface area contributed by atoms with Crippen LogP contribution < -0.4 is 4.74 Å². The molecular formula is C19H27ClO. The summed E-state index contributed by atoms with van der Waals surface area (Å²) in [6.07, 6.45) is 9.87. The highest BCUT2D eigenvalue weighted by Gasteiger charge is 1.96. The molecule has 1 nitrogen and oxygen atoms in total. The van der Waals surface area contributed by atoms with Crippen molar-refractivity contribution in [2.75, 3.05) is 12.5 Å². The molecule has 0 atom stereocenters. The van der Waals surface area contributed by atoms with Crippen LogP contribution in [-0.2, 0) is 0 Å². The lowest BCUT2D eigenvalue weighted by Gasteiger charge is -2.06. The highest BCUT2D eigenvalue weighted by molar-refractivity contribution is 6.18. The molecule has 0 aliphatic carbocycles. The minimum Gasteiger partial charge on any atom is -0.494 e. The van der Waals surface area contributed by atoms with Gasteiger partial charge in [0, 0.05) is 17.9 Å². The van der Waals surface area contributed by atoms with E-state index in [0.717, 1.165) is 30.8 Å². The summed E-state index contributed by atoms with van der Waals surface area (Å²) in [6, 6.07) is 7.99. The van der Waals surface area contributed by atoms with Crippen LogP contribution in [0.15, 0.2) is 24.3 Å². The van der Waals surface area contributed by atoms with E-state index in [2.05, 4.69) is 18.8 Å². The number of halogens is 1. The van der Waals surface area contributed by atoms with E-state index in [0.29, 0.717) is 5.88 Å². The summed E-state index contributed by atoms with van der Waals surface area (Å²) in [5.41, 5.74) is 0.997. The van der Waals surface area contributed by atoms with Gasteiger partial charge in [0.2, 0.25) is 0 Å². The summed E-state index contributed by atoms with van der Waals surface area (Å²) >= 11 is 5.61. The van der Waals surface area contributed by atoms with Crippen molar-refractivity contribution in [1.29, 1.82) is 0 Å². The third kappa shape index (κ3) is 9.43. The molecule has 0 amide bonds. The number of rotatable bonds is 10. The lowest BCUT2D eigenvalue weighted by molar-refractivity contribution is 0.304. The second kappa shape index (κ2) is 12.6. The molecule has 0 aromatic heterocycles. The molecule has 0 heterocycles. The standard InChI is InChI=1S/C19H27ClO/c1-2-3-4-5-6-7-10-16-21-19-14-11-13-18(17-19)12-8-9-15-20/h11,13-14,17H,2-7,9-10,15-16H2,1H3. The fourth-order valence-electron chi connectivity index (χ4n) is 2.12. The van der Waals surface area contributed by atoms with Crippen LogP contribution in [0.3, 0.4) is 0 Å². The lowest BCUT2D eigenvalue weighted by Crippen LogP contribution is -1.97. The van der Waals surface area contributed by atoms with Crippen LogP contribution >= 0.6 is 11.6 Å². The fraction of sp³-hybridized carbons (Fsp3) is 0.579. The second-order valence-electron chi connectivity index (χ2n) is 5.24. The van der Waals surface area contributed by atoms with Gasteiger partial charge in [-0.3, -0.25) is 0 Å². The van der Waals surface area contributed by atoms with E-state index in [9.17, 15) is 0 Å². The summed E-state index contributed by atoms with van der Waals surface area (Å²) in [5, 5.41) is 0. The molecule has 0 aliphatic rings. The molecule has 0 fully saturated rings. The van der Waals surface area contributed by atoms with Crippen LogP contribution in [0, 0.1) is 11.8 Å². The minimum atomic E-state index is 0.585. The first kappa shape index (κ1) is 17.9. The topological polar surface area (TPSA) is 9.23 Å². The van der Waals surface area contributed by atoms with Gasteiger partial charge in [0.05, 0.1) is 6.61 Å². The zero-order valence-electron chi connectivity index (χ0n) is 13.2. The Bertz CT molecular complexity index is 431. The first-order valence-corrected chi connectivity index (χ1v) is 8.68. The van der Waals surface area contributed by atoms with Crippen LogP contribution in [0.4, 0.5) is 0 Å². The van der Waals surface area contributed by atoms with E-state index >= 15 is 0 Å². The smallest absolute Gasteiger partial charge is 0.120 e. The van der Waals surface area contributed by atoms with E-state index in [-0.39, 0.29) is 0 Å². The first-order chi connectivity index (χ1) is 10.4. The monoisotopic (exact) mass is 306 g/mol. The Balaban J connectivity index is 2.17. The molecule has 21 heavy (non-hydrogen) atoms. The van der Waals surface area contributed by atoms with Gasteiger partial charge in [0.1, 0.15) is 5.75 Å². The molecule has 2 heteroatoms. The number of benzene rings is 1. The maximum absolute atomic E-state index is 5.79. The maximum atomic E-state index is 5.79. The zero-order chi connectivity index (χ0) is 15.2. The molecule has 1 rings (SSSR count). The molecular weight excluding hydrogens is 280 g/mol.